The monoisotopic (exact) mass is 231 g/mol. The Hall–Kier alpha value is -1.35. The summed E-state index contributed by atoms with van der Waals surface area (Å²) >= 11 is 0. The number of benzene rings is 1. The number of hydrogen-bond donors (Lipinski definition) is 0. The van der Waals surface area contributed by atoms with Crippen molar-refractivity contribution in [3.63, 3.8) is 0 Å². The molecular weight excluding hydrogens is 214 g/mol. The lowest BCUT2D eigenvalue weighted by molar-refractivity contribution is -0.547. The molecule has 3 heteroatoms. The predicted molar refractivity (Wildman–Crippen MR) is 65.8 cm³/mol. The Morgan fingerprint density at radius 2 is 2.06 bits per heavy atom. The Morgan fingerprint density at radius 1 is 1.29 bits per heavy atom. The zero-order valence-corrected chi connectivity index (χ0v) is 10.1. The minimum absolute atomic E-state index is 0.333. The quantitative estimate of drug-likeness (QED) is 0.550. The first-order valence-electron chi connectivity index (χ1n) is 6.26. The van der Waals surface area contributed by atoms with Gasteiger partial charge in [0.25, 0.3) is 6.23 Å². The van der Waals surface area contributed by atoms with E-state index in [0.29, 0.717) is 0 Å². The number of hydrogen-bond acceptors (Lipinski definition) is 2. The van der Waals surface area contributed by atoms with Gasteiger partial charge in [-0.25, -0.2) is 0 Å². The number of rotatable bonds is 1. The van der Waals surface area contributed by atoms with Crippen molar-refractivity contribution >= 4 is 5.71 Å². The third-order valence-electron chi connectivity index (χ3n) is 3.86. The van der Waals surface area contributed by atoms with Crippen LogP contribution in [0.25, 0.3) is 0 Å². The Morgan fingerprint density at radius 3 is 2.76 bits per heavy atom. The Balaban J connectivity index is 1.98. The summed E-state index contributed by atoms with van der Waals surface area (Å²) in [4.78, 5) is 0. The van der Waals surface area contributed by atoms with Crippen LogP contribution >= 0.6 is 0 Å². The van der Waals surface area contributed by atoms with Crippen LogP contribution in [-0.2, 0) is 4.74 Å². The Labute approximate surface area is 101 Å². The molecule has 0 spiro atoms. The van der Waals surface area contributed by atoms with Crippen LogP contribution in [-0.4, -0.2) is 16.1 Å². The standard InChI is InChI=1S/C14H17NO2/c1-14-10-6-5-9-12(14)15(16)13(17-14)11-7-3-2-4-8-11/h2-4,7-8,13H,5-6,9-10H2,1H3. The van der Waals surface area contributed by atoms with E-state index in [4.69, 9.17) is 4.74 Å². The van der Waals surface area contributed by atoms with Crippen LogP contribution < -0.4 is 0 Å². The number of hydroxylamine groups is 1. The maximum atomic E-state index is 12.3. The lowest BCUT2D eigenvalue weighted by atomic mass is 9.85. The molecule has 2 atom stereocenters. The van der Waals surface area contributed by atoms with Gasteiger partial charge in [-0.05, 0) is 38.3 Å². The van der Waals surface area contributed by atoms with Crippen LogP contribution in [0.5, 0.6) is 0 Å². The Bertz CT molecular complexity index is 455. The van der Waals surface area contributed by atoms with Gasteiger partial charge in [0.05, 0.1) is 5.56 Å². The molecule has 90 valence electrons. The summed E-state index contributed by atoms with van der Waals surface area (Å²) in [6.45, 7) is 2.05. The van der Waals surface area contributed by atoms with Gasteiger partial charge in [-0.15, -0.1) is 0 Å². The van der Waals surface area contributed by atoms with E-state index in [-0.39, 0.29) is 5.60 Å². The van der Waals surface area contributed by atoms with Crippen molar-refractivity contribution in [3.8, 4) is 0 Å². The molecule has 0 radical (unpaired) electrons. The summed E-state index contributed by atoms with van der Waals surface area (Å²) in [5, 5.41) is 12.3. The van der Waals surface area contributed by atoms with E-state index in [1.54, 1.807) is 0 Å². The van der Waals surface area contributed by atoms with Crippen molar-refractivity contribution in [3.05, 3.63) is 41.1 Å². The van der Waals surface area contributed by atoms with Crippen molar-refractivity contribution in [1.29, 1.82) is 0 Å². The van der Waals surface area contributed by atoms with Crippen LogP contribution in [0.15, 0.2) is 30.3 Å². The van der Waals surface area contributed by atoms with Crippen LogP contribution in [0.2, 0.25) is 0 Å². The smallest absolute Gasteiger partial charge is 0.295 e. The zero-order chi connectivity index (χ0) is 11.9. The van der Waals surface area contributed by atoms with Crippen molar-refractivity contribution in [2.24, 2.45) is 0 Å². The molecule has 2 aliphatic rings. The maximum absolute atomic E-state index is 12.3. The minimum atomic E-state index is -0.450. The lowest BCUT2D eigenvalue weighted by Gasteiger charge is -2.25. The van der Waals surface area contributed by atoms with Gasteiger partial charge >= 0.3 is 0 Å². The van der Waals surface area contributed by atoms with Gasteiger partial charge in [0.2, 0.25) is 0 Å². The molecule has 17 heavy (non-hydrogen) atoms. The molecular formula is C14H17NO2. The van der Waals surface area contributed by atoms with Gasteiger partial charge in [-0.1, -0.05) is 18.2 Å². The second-order valence-corrected chi connectivity index (χ2v) is 5.09. The number of nitrogens with zero attached hydrogens (tertiary/aromatic N) is 1. The summed E-state index contributed by atoms with van der Waals surface area (Å²) in [6, 6.07) is 9.76. The summed E-state index contributed by atoms with van der Waals surface area (Å²) in [5.74, 6) is 0. The van der Waals surface area contributed by atoms with E-state index >= 15 is 0 Å². The SMILES string of the molecule is CC12CCCCC1=[N+]([O-])C(c1ccccc1)O2. The van der Waals surface area contributed by atoms with Crippen LogP contribution in [0.1, 0.15) is 44.4 Å². The normalized spacial score (nSPS) is 32.6. The summed E-state index contributed by atoms with van der Waals surface area (Å²) < 4.78 is 7.12. The average Bonchev–Trinajstić information content (AvgIpc) is 2.63. The van der Waals surface area contributed by atoms with E-state index in [2.05, 4.69) is 6.92 Å². The van der Waals surface area contributed by atoms with Gasteiger partial charge < -0.3 is 5.21 Å². The number of fused-ring (bicyclic) bond motifs is 1. The predicted octanol–water partition coefficient (Wildman–Crippen LogP) is 3.00. The highest BCUT2D eigenvalue weighted by atomic mass is 16.6. The second-order valence-electron chi connectivity index (χ2n) is 5.09. The van der Waals surface area contributed by atoms with E-state index in [1.165, 1.54) is 0 Å². The molecule has 0 N–H and O–H groups in total. The summed E-state index contributed by atoms with van der Waals surface area (Å²) in [5.41, 5.74) is 1.55. The molecule has 1 heterocycles. The molecule has 3 nitrogen and oxygen atoms in total. The molecule has 0 aromatic heterocycles. The molecule has 0 amide bonds. The summed E-state index contributed by atoms with van der Waals surface area (Å²) in [6.07, 6.45) is 3.65. The molecule has 0 saturated heterocycles. The highest BCUT2D eigenvalue weighted by Gasteiger charge is 2.50. The molecule has 1 fully saturated rings. The first kappa shape index (κ1) is 10.8. The molecule has 1 saturated carbocycles. The van der Waals surface area contributed by atoms with E-state index in [9.17, 15) is 5.21 Å². The highest BCUT2D eigenvalue weighted by Crippen LogP contribution is 2.40. The van der Waals surface area contributed by atoms with Gasteiger partial charge in [-0.2, -0.15) is 4.74 Å². The largest absolute Gasteiger partial charge is 0.622 e. The molecule has 1 aliphatic carbocycles. The first-order chi connectivity index (χ1) is 8.21. The van der Waals surface area contributed by atoms with Crippen LogP contribution in [0.4, 0.5) is 0 Å². The fourth-order valence-corrected chi connectivity index (χ4v) is 2.89. The van der Waals surface area contributed by atoms with Gasteiger partial charge in [-0.3, -0.25) is 4.74 Å². The van der Waals surface area contributed by atoms with Crippen molar-refractivity contribution < 1.29 is 9.48 Å². The molecule has 1 aromatic carbocycles. The Kier molecular flexibility index (Phi) is 2.44. The highest BCUT2D eigenvalue weighted by molar-refractivity contribution is 5.89. The first-order valence-corrected chi connectivity index (χ1v) is 6.26. The van der Waals surface area contributed by atoms with E-state index < -0.39 is 6.23 Å². The summed E-state index contributed by atoms with van der Waals surface area (Å²) in [7, 11) is 0. The molecule has 2 unspecified atom stereocenters. The minimum Gasteiger partial charge on any atom is -0.622 e. The van der Waals surface area contributed by atoms with E-state index in [1.807, 2.05) is 30.3 Å². The van der Waals surface area contributed by atoms with Crippen molar-refractivity contribution in [2.75, 3.05) is 0 Å². The third kappa shape index (κ3) is 1.65. The molecule has 0 bridgehead atoms. The van der Waals surface area contributed by atoms with Gasteiger partial charge in [0.1, 0.15) is 0 Å². The third-order valence-corrected chi connectivity index (χ3v) is 3.86. The van der Waals surface area contributed by atoms with Gasteiger partial charge in [0, 0.05) is 6.42 Å². The van der Waals surface area contributed by atoms with Crippen molar-refractivity contribution in [1.82, 2.24) is 0 Å². The zero-order valence-electron chi connectivity index (χ0n) is 10.1. The topological polar surface area (TPSA) is 35.3 Å². The molecule has 3 rings (SSSR count). The van der Waals surface area contributed by atoms with E-state index in [0.717, 1.165) is 41.7 Å². The van der Waals surface area contributed by atoms with Crippen LogP contribution in [0.3, 0.4) is 0 Å². The lowest BCUT2D eigenvalue weighted by Crippen LogP contribution is -2.38. The molecule has 1 aliphatic heterocycles. The second kappa shape index (κ2) is 3.84. The fourth-order valence-electron chi connectivity index (χ4n) is 2.89. The van der Waals surface area contributed by atoms with Crippen LogP contribution in [0, 0.1) is 5.21 Å². The van der Waals surface area contributed by atoms with Crippen molar-refractivity contribution in [2.45, 2.75) is 44.4 Å². The fraction of sp³-hybridized carbons (Fsp3) is 0.500. The molecule has 1 aromatic rings. The average molecular weight is 231 g/mol. The maximum Gasteiger partial charge on any atom is 0.295 e. The number of ether oxygens (including phenoxy) is 1. The van der Waals surface area contributed by atoms with Gasteiger partial charge in [0.15, 0.2) is 11.3 Å².